The van der Waals surface area contributed by atoms with E-state index in [1.54, 1.807) is 49.7 Å². The van der Waals surface area contributed by atoms with Crippen LogP contribution < -0.4 is 20.9 Å². The van der Waals surface area contributed by atoms with Crippen LogP contribution in [0.4, 0.5) is 10.5 Å². The van der Waals surface area contributed by atoms with Crippen LogP contribution in [0.5, 0.6) is 5.75 Å². The molecule has 1 heterocycles. The SMILES string of the molecule is COc1ccc([C@H](CC(=O)O)NC(=O)Nc2cccn(Cc3ccccc3Cl)c2=O)cc1C. The fraction of sp³-hybridized carbons (Fsp3) is 0.208. The van der Waals surface area contributed by atoms with Gasteiger partial charge in [0.2, 0.25) is 0 Å². The molecule has 172 valence electrons. The lowest BCUT2D eigenvalue weighted by atomic mass is 10.0. The predicted molar refractivity (Wildman–Crippen MR) is 126 cm³/mol. The minimum atomic E-state index is -1.07. The number of anilines is 1. The summed E-state index contributed by atoms with van der Waals surface area (Å²) in [5.41, 5.74) is 1.82. The molecule has 0 aliphatic carbocycles. The van der Waals surface area contributed by atoms with Crippen LogP contribution in [-0.2, 0) is 11.3 Å². The molecule has 0 aliphatic heterocycles. The highest BCUT2D eigenvalue weighted by molar-refractivity contribution is 6.31. The van der Waals surface area contributed by atoms with E-state index in [9.17, 15) is 19.5 Å². The van der Waals surface area contributed by atoms with E-state index in [0.29, 0.717) is 16.3 Å². The van der Waals surface area contributed by atoms with Crippen molar-refractivity contribution in [2.24, 2.45) is 0 Å². The number of aryl methyl sites for hydroxylation is 1. The van der Waals surface area contributed by atoms with Crippen LogP contribution in [0.15, 0.2) is 65.6 Å². The van der Waals surface area contributed by atoms with E-state index in [2.05, 4.69) is 10.6 Å². The fourth-order valence-corrected chi connectivity index (χ4v) is 3.62. The van der Waals surface area contributed by atoms with Crippen molar-refractivity contribution in [1.29, 1.82) is 0 Å². The molecule has 0 radical (unpaired) electrons. The average molecular weight is 470 g/mol. The first-order chi connectivity index (χ1) is 15.8. The quantitative estimate of drug-likeness (QED) is 0.458. The summed E-state index contributed by atoms with van der Waals surface area (Å²) in [6, 6.07) is 14.0. The van der Waals surface area contributed by atoms with Gasteiger partial charge < -0.3 is 25.0 Å². The number of nitrogens with one attached hydrogen (secondary N) is 2. The normalized spacial score (nSPS) is 11.5. The minimum Gasteiger partial charge on any atom is -0.496 e. The van der Waals surface area contributed by atoms with Crippen molar-refractivity contribution in [2.45, 2.75) is 25.9 Å². The van der Waals surface area contributed by atoms with Crippen molar-refractivity contribution in [1.82, 2.24) is 9.88 Å². The number of halogens is 1. The molecule has 8 nitrogen and oxygen atoms in total. The Labute approximate surface area is 195 Å². The van der Waals surface area contributed by atoms with Crippen LogP contribution in [0.25, 0.3) is 0 Å². The molecule has 9 heteroatoms. The topological polar surface area (TPSA) is 110 Å². The Balaban J connectivity index is 1.78. The molecule has 1 aromatic heterocycles. The zero-order valence-electron chi connectivity index (χ0n) is 18.2. The number of amides is 2. The minimum absolute atomic E-state index is 0.0574. The maximum atomic E-state index is 12.8. The van der Waals surface area contributed by atoms with E-state index in [1.807, 2.05) is 19.1 Å². The molecule has 0 fully saturated rings. The lowest BCUT2D eigenvalue weighted by Crippen LogP contribution is -2.36. The molecule has 0 saturated carbocycles. The molecule has 2 aromatic carbocycles. The second-order valence-electron chi connectivity index (χ2n) is 7.42. The van der Waals surface area contributed by atoms with Gasteiger partial charge in [-0.05, 0) is 47.9 Å². The number of ether oxygens (including phenoxy) is 1. The largest absolute Gasteiger partial charge is 0.496 e. The monoisotopic (exact) mass is 469 g/mol. The molecule has 0 aliphatic rings. The molecule has 0 unspecified atom stereocenters. The van der Waals surface area contributed by atoms with Crippen molar-refractivity contribution >= 4 is 29.3 Å². The number of aromatic nitrogens is 1. The van der Waals surface area contributed by atoms with Gasteiger partial charge in [-0.15, -0.1) is 0 Å². The number of carboxylic acids is 1. The van der Waals surface area contributed by atoms with Gasteiger partial charge in [-0.2, -0.15) is 0 Å². The van der Waals surface area contributed by atoms with Crippen LogP contribution >= 0.6 is 11.6 Å². The molecule has 33 heavy (non-hydrogen) atoms. The number of nitrogens with zero attached hydrogens (tertiary/aromatic N) is 1. The van der Waals surface area contributed by atoms with Crippen LogP contribution in [0.2, 0.25) is 5.02 Å². The number of aliphatic carboxylic acids is 1. The molecule has 3 N–H and O–H groups in total. The standard InChI is InChI=1S/C24H24ClN3O5/c1-15-12-16(9-10-21(15)33-2)20(13-22(29)30)27-24(32)26-19-8-5-11-28(23(19)31)14-17-6-3-4-7-18(17)25/h3-12,20H,13-14H2,1-2H3,(H,29,30)(H2,26,27,32)/t20-/m0/s1. The lowest BCUT2D eigenvalue weighted by Gasteiger charge is -2.19. The summed E-state index contributed by atoms with van der Waals surface area (Å²) >= 11 is 6.19. The zero-order chi connectivity index (χ0) is 24.0. The summed E-state index contributed by atoms with van der Waals surface area (Å²) in [6.45, 7) is 2.06. The zero-order valence-corrected chi connectivity index (χ0v) is 18.9. The number of carbonyl (C=O) groups is 2. The Morgan fingerprint density at radius 1 is 1.15 bits per heavy atom. The van der Waals surface area contributed by atoms with Gasteiger partial charge in [-0.3, -0.25) is 9.59 Å². The third-order valence-electron chi connectivity index (χ3n) is 5.07. The Morgan fingerprint density at radius 2 is 1.91 bits per heavy atom. The third-order valence-corrected chi connectivity index (χ3v) is 5.44. The van der Waals surface area contributed by atoms with Gasteiger partial charge in [-0.1, -0.05) is 41.9 Å². The predicted octanol–water partition coefficient (Wildman–Crippen LogP) is 4.20. The number of pyridine rings is 1. The van der Waals surface area contributed by atoms with E-state index in [-0.39, 0.29) is 18.7 Å². The summed E-state index contributed by atoms with van der Waals surface area (Å²) in [5.74, 6) is -0.420. The number of methoxy groups -OCH3 is 1. The number of urea groups is 1. The van der Waals surface area contributed by atoms with Crippen LogP contribution in [-0.4, -0.2) is 28.8 Å². The Bertz CT molecular complexity index is 1220. The smallest absolute Gasteiger partial charge is 0.319 e. The number of benzene rings is 2. The van der Waals surface area contributed by atoms with Gasteiger partial charge in [0.1, 0.15) is 11.4 Å². The molecule has 3 rings (SSSR count). The van der Waals surface area contributed by atoms with Gasteiger partial charge in [0.25, 0.3) is 5.56 Å². The Morgan fingerprint density at radius 3 is 2.58 bits per heavy atom. The Kier molecular flexibility index (Phi) is 7.74. The van der Waals surface area contributed by atoms with Gasteiger partial charge in [0, 0.05) is 11.2 Å². The number of carboxylic acid groups (broad SMARTS) is 1. The first-order valence-electron chi connectivity index (χ1n) is 10.1. The summed E-state index contributed by atoms with van der Waals surface area (Å²) in [4.78, 5) is 36.9. The van der Waals surface area contributed by atoms with E-state index < -0.39 is 23.6 Å². The number of carbonyl (C=O) groups excluding carboxylic acids is 1. The second-order valence-corrected chi connectivity index (χ2v) is 7.83. The third kappa shape index (κ3) is 6.14. The fourth-order valence-electron chi connectivity index (χ4n) is 3.43. The summed E-state index contributed by atoms with van der Waals surface area (Å²) in [5, 5.41) is 15.0. The molecular formula is C24H24ClN3O5. The second kappa shape index (κ2) is 10.7. The Hall–Kier alpha value is -3.78. The maximum Gasteiger partial charge on any atom is 0.319 e. The molecule has 0 saturated heterocycles. The molecule has 3 aromatic rings. The highest BCUT2D eigenvalue weighted by atomic mass is 35.5. The van der Waals surface area contributed by atoms with Crippen molar-refractivity contribution in [3.8, 4) is 5.75 Å². The molecule has 1 atom stereocenters. The highest BCUT2D eigenvalue weighted by Crippen LogP contribution is 2.24. The van der Waals surface area contributed by atoms with Crippen molar-refractivity contribution in [2.75, 3.05) is 12.4 Å². The van der Waals surface area contributed by atoms with Crippen LogP contribution in [0.3, 0.4) is 0 Å². The summed E-state index contributed by atoms with van der Waals surface area (Å²) in [7, 11) is 1.54. The van der Waals surface area contributed by atoms with E-state index >= 15 is 0 Å². The average Bonchev–Trinajstić information content (AvgIpc) is 2.77. The van der Waals surface area contributed by atoms with Crippen LogP contribution in [0.1, 0.15) is 29.2 Å². The molecule has 0 spiro atoms. The van der Waals surface area contributed by atoms with Gasteiger partial charge >= 0.3 is 12.0 Å². The van der Waals surface area contributed by atoms with Gasteiger partial charge in [0.15, 0.2) is 0 Å². The first kappa shape index (κ1) is 23.9. The van der Waals surface area contributed by atoms with Crippen molar-refractivity contribution in [3.05, 3.63) is 92.9 Å². The van der Waals surface area contributed by atoms with E-state index in [4.69, 9.17) is 16.3 Å². The summed E-state index contributed by atoms with van der Waals surface area (Å²) in [6.07, 6.45) is 1.27. The summed E-state index contributed by atoms with van der Waals surface area (Å²) < 4.78 is 6.66. The van der Waals surface area contributed by atoms with Crippen molar-refractivity contribution in [3.63, 3.8) is 0 Å². The number of hydrogen-bond acceptors (Lipinski definition) is 4. The maximum absolute atomic E-state index is 12.8. The van der Waals surface area contributed by atoms with Crippen LogP contribution in [0, 0.1) is 6.92 Å². The van der Waals surface area contributed by atoms with Gasteiger partial charge in [-0.25, -0.2) is 4.79 Å². The van der Waals surface area contributed by atoms with E-state index in [1.165, 1.54) is 10.6 Å². The molecule has 2 amide bonds. The van der Waals surface area contributed by atoms with Crippen molar-refractivity contribution < 1.29 is 19.4 Å². The number of rotatable bonds is 8. The van der Waals surface area contributed by atoms with E-state index in [0.717, 1.165) is 11.1 Å². The number of hydrogen-bond donors (Lipinski definition) is 3. The molecular weight excluding hydrogens is 446 g/mol. The lowest BCUT2D eigenvalue weighted by molar-refractivity contribution is -0.137. The van der Waals surface area contributed by atoms with Gasteiger partial charge in [0.05, 0.1) is 26.1 Å². The highest BCUT2D eigenvalue weighted by Gasteiger charge is 2.20. The first-order valence-corrected chi connectivity index (χ1v) is 10.5. The molecule has 0 bridgehead atoms.